The lowest BCUT2D eigenvalue weighted by Crippen LogP contribution is -2.36. The van der Waals surface area contributed by atoms with Gasteiger partial charge in [-0.2, -0.15) is 0 Å². The van der Waals surface area contributed by atoms with E-state index in [9.17, 15) is 14.5 Å². The standard InChI is InChI=1S/C7H10N4O4/c1-15-3-2-11-6(12)4(10-14)5(8)9-7(11)13/h2-3,8H2,1H3,(H,9,13). The summed E-state index contributed by atoms with van der Waals surface area (Å²) >= 11 is 0. The van der Waals surface area contributed by atoms with E-state index >= 15 is 0 Å². The Hall–Kier alpha value is -1.96. The molecule has 0 saturated heterocycles. The van der Waals surface area contributed by atoms with Crippen molar-refractivity contribution < 1.29 is 4.74 Å². The van der Waals surface area contributed by atoms with Crippen LogP contribution in [0.5, 0.6) is 0 Å². The van der Waals surface area contributed by atoms with E-state index in [1.165, 1.54) is 7.11 Å². The normalized spacial score (nSPS) is 10.2. The van der Waals surface area contributed by atoms with E-state index in [0.717, 1.165) is 4.57 Å². The smallest absolute Gasteiger partial charge is 0.330 e. The Morgan fingerprint density at radius 2 is 2.20 bits per heavy atom. The zero-order chi connectivity index (χ0) is 11.4. The fraction of sp³-hybridized carbons (Fsp3) is 0.429. The van der Waals surface area contributed by atoms with E-state index in [2.05, 4.69) is 10.2 Å². The van der Waals surface area contributed by atoms with Gasteiger partial charge < -0.3 is 10.5 Å². The summed E-state index contributed by atoms with van der Waals surface area (Å²) in [5, 5.41) is 2.46. The minimum Gasteiger partial charge on any atom is -0.383 e. The lowest BCUT2D eigenvalue weighted by Gasteiger charge is -2.04. The Morgan fingerprint density at radius 3 is 2.73 bits per heavy atom. The molecule has 0 amide bonds. The number of nitroso groups, excluding NO2 is 1. The summed E-state index contributed by atoms with van der Waals surface area (Å²) in [4.78, 5) is 35.2. The van der Waals surface area contributed by atoms with Gasteiger partial charge in [0.15, 0.2) is 0 Å². The average Bonchev–Trinajstić information content (AvgIpc) is 2.17. The molecule has 1 aromatic heterocycles. The molecule has 0 bridgehead atoms. The molecule has 0 aromatic carbocycles. The van der Waals surface area contributed by atoms with Crippen molar-refractivity contribution in [3.8, 4) is 0 Å². The maximum atomic E-state index is 11.5. The zero-order valence-electron chi connectivity index (χ0n) is 8.02. The van der Waals surface area contributed by atoms with Crippen LogP contribution in [0.15, 0.2) is 14.8 Å². The summed E-state index contributed by atoms with van der Waals surface area (Å²) in [5.74, 6) is -0.325. The number of ether oxygens (including phenoxy) is 1. The quantitative estimate of drug-likeness (QED) is 0.633. The molecule has 0 fully saturated rings. The molecule has 15 heavy (non-hydrogen) atoms. The van der Waals surface area contributed by atoms with Gasteiger partial charge in [-0.25, -0.2) is 4.79 Å². The number of nitrogens with zero attached hydrogens (tertiary/aromatic N) is 2. The van der Waals surface area contributed by atoms with Gasteiger partial charge in [0.2, 0.25) is 5.69 Å². The Balaban J connectivity index is 3.33. The van der Waals surface area contributed by atoms with E-state index < -0.39 is 16.9 Å². The highest BCUT2D eigenvalue weighted by Gasteiger charge is 2.11. The molecule has 0 aliphatic rings. The van der Waals surface area contributed by atoms with E-state index in [1.807, 2.05) is 0 Å². The van der Waals surface area contributed by atoms with Crippen LogP contribution in [0, 0.1) is 4.91 Å². The first-order valence-electron chi connectivity index (χ1n) is 4.06. The third-order valence-electron chi connectivity index (χ3n) is 1.80. The van der Waals surface area contributed by atoms with Crippen LogP contribution in [0.1, 0.15) is 0 Å². The Morgan fingerprint density at radius 1 is 1.53 bits per heavy atom. The largest absolute Gasteiger partial charge is 0.383 e. The molecule has 1 heterocycles. The first-order chi connectivity index (χ1) is 7.11. The number of H-pyrrole nitrogens is 1. The number of nitrogens with one attached hydrogen (secondary N) is 1. The molecule has 0 unspecified atom stereocenters. The fourth-order valence-corrected chi connectivity index (χ4v) is 1.05. The SMILES string of the molecule is COCCn1c(=O)[nH]c(N)c(N=O)c1=O. The molecular formula is C7H10N4O4. The van der Waals surface area contributed by atoms with Crippen molar-refractivity contribution in [1.82, 2.24) is 9.55 Å². The van der Waals surface area contributed by atoms with Gasteiger partial charge in [-0.3, -0.25) is 14.3 Å². The molecule has 82 valence electrons. The predicted octanol–water partition coefficient (Wildman–Crippen LogP) is -0.837. The van der Waals surface area contributed by atoms with Crippen molar-refractivity contribution in [2.24, 2.45) is 5.18 Å². The fourth-order valence-electron chi connectivity index (χ4n) is 1.05. The summed E-state index contributed by atoms with van der Waals surface area (Å²) in [6.07, 6.45) is 0. The number of aromatic amines is 1. The Labute approximate surface area is 83.6 Å². The van der Waals surface area contributed by atoms with Crippen LogP contribution in [0.2, 0.25) is 0 Å². The number of nitrogen functional groups attached to an aromatic ring is 1. The first-order valence-corrected chi connectivity index (χ1v) is 4.06. The maximum Gasteiger partial charge on any atom is 0.330 e. The minimum atomic E-state index is -0.816. The van der Waals surface area contributed by atoms with Crippen molar-refractivity contribution in [2.75, 3.05) is 19.5 Å². The van der Waals surface area contributed by atoms with Crippen LogP contribution in [0.25, 0.3) is 0 Å². The average molecular weight is 214 g/mol. The van der Waals surface area contributed by atoms with Crippen molar-refractivity contribution in [1.29, 1.82) is 0 Å². The van der Waals surface area contributed by atoms with Gasteiger partial charge in [-0.05, 0) is 5.18 Å². The van der Waals surface area contributed by atoms with E-state index in [0.29, 0.717) is 0 Å². The highest BCUT2D eigenvalue weighted by molar-refractivity contribution is 5.54. The number of hydrogen-bond donors (Lipinski definition) is 2. The number of methoxy groups -OCH3 is 1. The van der Waals surface area contributed by atoms with Crippen molar-refractivity contribution >= 4 is 11.5 Å². The zero-order valence-corrected chi connectivity index (χ0v) is 8.02. The van der Waals surface area contributed by atoms with Crippen LogP contribution < -0.4 is 17.0 Å². The molecule has 0 spiro atoms. The van der Waals surface area contributed by atoms with Gasteiger partial charge in [0, 0.05) is 7.11 Å². The predicted molar refractivity (Wildman–Crippen MR) is 53.1 cm³/mol. The molecule has 1 rings (SSSR count). The molecule has 0 atom stereocenters. The molecule has 8 nitrogen and oxygen atoms in total. The minimum absolute atomic E-state index is 0.0352. The second kappa shape index (κ2) is 4.51. The molecule has 0 saturated carbocycles. The van der Waals surface area contributed by atoms with Crippen LogP contribution in [-0.2, 0) is 11.3 Å². The monoisotopic (exact) mass is 214 g/mol. The summed E-state index contributed by atoms with van der Waals surface area (Å²) in [7, 11) is 1.43. The third-order valence-corrected chi connectivity index (χ3v) is 1.80. The van der Waals surface area contributed by atoms with Gasteiger partial charge in [0.1, 0.15) is 5.82 Å². The number of nitrogens with two attached hydrogens (primary N) is 1. The van der Waals surface area contributed by atoms with E-state index in [-0.39, 0.29) is 19.0 Å². The van der Waals surface area contributed by atoms with E-state index in [4.69, 9.17) is 10.5 Å². The summed E-state index contributed by atoms with van der Waals surface area (Å²) in [5.41, 5.74) is 3.23. The van der Waals surface area contributed by atoms with Crippen LogP contribution in [-0.4, -0.2) is 23.3 Å². The topological polar surface area (TPSA) is 120 Å². The molecule has 8 heteroatoms. The van der Waals surface area contributed by atoms with Gasteiger partial charge >= 0.3 is 5.69 Å². The van der Waals surface area contributed by atoms with Gasteiger partial charge in [-0.1, -0.05) is 0 Å². The second-order valence-corrected chi connectivity index (χ2v) is 2.73. The van der Waals surface area contributed by atoms with Crippen LogP contribution in [0.4, 0.5) is 11.5 Å². The first kappa shape index (κ1) is 11.1. The lowest BCUT2D eigenvalue weighted by molar-refractivity contribution is 0.185. The molecule has 1 aromatic rings. The lowest BCUT2D eigenvalue weighted by atomic mass is 10.4. The molecule has 0 radical (unpaired) electrons. The highest BCUT2D eigenvalue weighted by atomic mass is 16.5. The number of aromatic nitrogens is 2. The van der Waals surface area contributed by atoms with Gasteiger partial charge in [-0.15, -0.1) is 4.91 Å². The van der Waals surface area contributed by atoms with Crippen LogP contribution in [0.3, 0.4) is 0 Å². The Kier molecular flexibility index (Phi) is 3.34. The summed E-state index contributed by atoms with van der Waals surface area (Å²) in [6.45, 7) is 0.207. The second-order valence-electron chi connectivity index (χ2n) is 2.73. The van der Waals surface area contributed by atoms with E-state index in [1.54, 1.807) is 0 Å². The number of anilines is 1. The van der Waals surface area contributed by atoms with Crippen molar-refractivity contribution in [3.63, 3.8) is 0 Å². The molecule has 0 aliphatic carbocycles. The van der Waals surface area contributed by atoms with Gasteiger partial charge in [0.05, 0.1) is 13.2 Å². The van der Waals surface area contributed by atoms with Crippen LogP contribution >= 0.6 is 0 Å². The number of rotatable bonds is 4. The molecular weight excluding hydrogens is 204 g/mol. The van der Waals surface area contributed by atoms with Crippen molar-refractivity contribution in [2.45, 2.75) is 6.54 Å². The molecule has 3 N–H and O–H groups in total. The highest BCUT2D eigenvalue weighted by Crippen LogP contribution is 2.09. The maximum absolute atomic E-state index is 11.5. The van der Waals surface area contributed by atoms with Crippen molar-refractivity contribution in [3.05, 3.63) is 25.7 Å². The van der Waals surface area contributed by atoms with Gasteiger partial charge in [0.25, 0.3) is 5.56 Å². The third kappa shape index (κ3) is 2.10. The summed E-state index contributed by atoms with van der Waals surface area (Å²) < 4.78 is 5.51. The Bertz CT molecular complexity index is 475. The number of hydrogen-bond acceptors (Lipinski definition) is 6. The summed E-state index contributed by atoms with van der Waals surface area (Å²) in [6, 6.07) is 0. The molecule has 0 aliphatic heterocycles.